The number of halogens is 4. The van der Waals surface area contributed by atoms with Crippen LogP contribution in [0.5, 0.6) is 0 Å². The van der Waals surface area contributed by atoms with Gasteiger partial charge in [-0.15, -0.1) is 0 Å². The van der Waals surface area contributed by atoms with Crippen LogP contribution in [0, 0.1) is 23.7 Å². The monoisotopic (exact) mass is 548 g/mol. The molecule has 1 aliphatic heterocycles. The summed E-state index contributed by atoms with van der Waals surface area (Å²) >= 11 is 15.6. The van der Waals surface area contributed by atoms with E-state index in [4.69, 9.17) is 9.47 Å². The fourth-order valence-corrected chi connectivity index (χ4v) is 8.83. The normalized spacial score (nSPS) is 55.4. The molecule has 120 valence electrons. The van der Waals surface area contributed by atoms with Gasteiger partial charge in [-0.3, -0.25) is 0 Å². The largest absolute Gasteiger partial charge is 0.345 e. The smallest absolute Gasteiger partial charge is 0.193 e. The van der Waals surface area contributed by atoms with E-state index in [0.29, 0.717) is 9.65 Å². The van der Waals surface area contributed by atoms with Crippen molar-refractivity contribution in [1.82, 2.24) is 0 Å². The minimum Gasteiger partial charge on any atom is -0.345 e. The molecule has 1 spiro atoms. The van der Waals surface area contributed by atoms with Gasteiger partial charge in [0.1, 0.15) is 0 Å². The highest BCUT2D eigenvalue weighted by molar-refractivity contribution is 9.12. The fourth-order valence-electron chi connectivity index (χ4n) is 5.15. The van der Waals surface area contributed by atoms with Gasteiger partial charge in [-0.05, 0) is 49.4 Å². The van der Waals surface area contributed by atoms with Crippen molar-refractivity contribution >= 4 is 63.7 Å². The van der Waals surface area contributed by atoms with Crippen LogP contribution < -0.4 is 0 Å². The lowest BCUT2D eigenvalue weighted by Crippen LogP contribution is -2.58. The molecule has 1 heterocycles. The van der Waals surface area contributed by atoms with Crippen LogP contribution in [0.15, 0.2) is 0 Å². The molecule has 0 aromatic carbocycles. The SMILES string of the molecule is Br[C@@H]1CC2C3C[C@H](Br)C4(OCCO4)[C@@H](Br)CC2C3C[C@H]1Br. The summed E-state index contributed by atoms with van der Waals surface area (Å²) in [6.07, 6.45) is 4.95. The van der Waals surface area contributed by atoms with E-state index in [2.05, 4.69) is 63.7 Å². The van der Waals surface area contributed by atoms with E-state index in [1.54, 1.807) is 0 Å². The third kappa shape index (κ3) is 2.48. The highest BCUT2D eigenvalue weighted by Gasteiger charge is 2.61. The minimum atomic E-state index is -0.442. The second-order valence-electron chi connectivity index (χ2n) is 6.98. The fraction of sp³-hybridized carbons (Fsp3) is 1.00. The molecule has 6 heteroatoms. The van der Waals surface area contributed by atoms with Crippen molar-refractivity contribution in [1.29, 1.82) is 0 Å². The van der Waals surface area contributed by atoms with Crippen molar-refractivity contribution in [2.45, 2.75) is 50.8 Å². The molecule has 0 N–H and O–H groups in total. The zero-order valence-electron chi connectivity index (χ0n) is 11.7. The number of ether oxygens (including phenoxy) is 2. The number of hydrogen-bond acceptors (Lipinski definition) is 2. The van der Waals surface area contributed by atoms with Crippen molar-refractivity contribution in [3.8, 4) is 0 Å². The lowest BCUT2D eigenvalue weighted by atomic mass is 9.52. The van der Waals surface area contributed by atoms with Crippen molar-refractivity contribution in [2.24, 2.45) is 23.7 Å². The average Bonchev–Trinajstić information content (AvgIpc) is 2.89. The van der Waals surface area contributed by atoms with Gasteiger partial charge in [0.15, 0.2) is 5.79 Å². The first-order valence-electron chi connectivity index (χ1n) is 7.87. The Balaban J connectivity index is 1.61. The Morgan fingerprint density at radius 3 is 1.43 bits per heavy atom. The summed E-state index contributed by atoms with van der Waals surface area (Å²) in [4.78, 5) is 1.81. The highest BCUT2D eigenvalue weighted by atomic mass is 79.9. The first-order valence-corrected chi connectivity index (χ1v) is 11.5. The number of alkyl halides is 4. The van der Waals surface area contributed by atoms with E-state index in [1.807, 2.05) is 0 Å². The van der Waals surface area contributed by atoms with Crippen LogP contribution in [0.3, 0.4) is 0 Å². The maximum Gasteiger partial charge on any atom is 0.193 e. The van der Waals surface area contributed by atoms with E-state index in [9.17, 15) is 0 Å². The Morgan fingerprint density at radius 2 is 1.00 bits per heavy atom. The van der Waals surface area contributed by atoms with Gasteiger partial charge in [-0.1, -0.05) is 63.7 Å². The van der Waals surface area contributed by atoms with Crippen LogP contribution >= 0.6 is 63.7 Å². The first kappa shape index (κ1) is 16.3. The van der Waals surface area contributed by atoms with E-state index >= 15 is 0 Å². The van der Waals surface area contributed by atoms with Gasteiger partial charge in [-0.25, -0.2) is 0 Å². The van der Waals surface area contributed by atoms with Crippen molar-refractivity contribution < 1.29 is 9.47 Å². The summed E-state index contributed by atoms with van der Waals surface area (Å²) < 4.78 is 12.1. The summed E-state index contributed by atoms with van der Waals surface area (Å²) in [5.74, 6) is 2.93. The van der Waals surface area contributed by atoms with Crippen molar-refractivity contribution in [2.75, 3.05) is 13.2 Å². The van der Waals surface area contributed by atoms with Gasteiger partial charge < -0.3 is 9.47 Å². The molecule has 21 heavy (non-hydrogen) atoms. The van der Waals surface area contributed by atoms with Crippen molar-refractivity contribution in [3.63, 3.8) is 0 Å². The molecule has 4 atom stereocenters. The standard InChI is InChI=1S/C15H20Br4O2/c16-11-3-7-9-5-13(18)15(20-1-2-21-15)14(19)6-10(7)8(9)4-12(11)17/h7-14H,1-6H2/t7?,8?,9?,10?,11-,12-,13+,14+/m1/s1. The quantitative estimate of drug-likeness (QED) is 0.401. The summed E-state index contributed by atoms with van der Waals surface area (Å²) in [6, 6.07) is 0. The average molecular weight is 552 g/mol. The highest BCUT2D eigenvalue weighted by Crippen LogP contribution is 2.62. The molecule has 6 aliphatic rings. The summed E-state index contributed by atoms with van der Waals surface area (Å²) in [5, 5.41) is 0. The molecular formula is C15H20Br4O2. The summed E-state index contributed by atoms with van der Waals surface area (Å²) in [5.41, 5.74) is 0. The van der Waals surface area contributed by atoms with E-state index in [1.165, 1.54) is 25.7 Å². The molecule has 6 rings (SSSR count). The Hall–Kier alpha value is 1.84. The Labute approximate surface area is 160 Å². The Kier molecular flexibility index (Phi) is 4.64. The molecule has 5 aliphatic carbocycles. The third-order valence-electron chi connectivity index (χ3n) is 6.16. The molecule has 0 radical (unpaired) electrons. The van der Waals surface area contributed by atoms with E-state index < -0.39 is 5.79 Å². The summed E-state index contributed by atoms with van der Waals surface area (Å²) in [7, 11) is 0. The topological polar surface area (TPSA) is 18.5 Å². The van der Waals surface area contributed by atoms with E-state index in [0.717, 1.165) is 36.9 Å². The number of hydrogen-bond donors (Lipinski definition) is 0. The number of rotatable bonds is 0. The van der Waals surface area contributed by atoms with Crippen LogP contribution in [0.4, 0.5) is 0 Å². The van der Waals surface area contributed by atoms with Gasteiger partial charge in [0, 0.05) is 9.65 Å². The zero-order valence-corrected chi connectivity index (χ0v) is 18.0. The molecular weight excluding hydrogens is 532 g/mol. The van der Waals surface area contributed by atoms with Crippen LogP contribution in [0.1, 0.15) is 25.7 Å². The molecule has 2 nitrogen and oxygen atoms in total. The van der Waals surface area contributed by atoms with Gasteiger partial charge in [0.2, 0.25) is 0 Å². The van der Waals surface area contributed by atoms with Gasteiger partial charge in [-0.2, -0.15) is 0 Å². The maximum atomic E-state index is 6.07. The second kappa shape index (κ2) is 5.98. The predicted molar refractivity (Wildman–Crippen MR) is 97.9 cm³/mol. The molecule has 5 saturated carbocycles. The predicted octanol–water partition coefficient (Wildman–Crippen LogP) is 4.85. The van der Waals surface area contributed by atoms with Crippen molar-refractivity contribution in [3.05, 3.63) is 0 Å². The molecule has 4 bridgehead atoms. The van der Waals surface area contributed by atoms with Gasteiger partial charge in [0.25, 0.3) is 0 Å². The molecule has 0 unspecified atom stereocenters. The maximum absolute atomic E-state index is 6.07. The number of fused-ring (bicyclic) bond motifs is 5. The van der Waals surface area contributed by atoms with Gasteiger partial charge >= 0.3 is 0 Å². The second-order valence-corrected chi connectivity index (χ2v) is 11.5. The van der Waals surface area contributed by atoms with Crippen LogP contribution in [0.2, 0.25) is 0 Å². The lowest BCUT2D eigenvalue weighted by Gasteiger charge is -2.57. The first-order chi connectivity index (χ1) is 10.0. The summed E-state index contributed by atoms with van der Waals surface area (Å²) in [6.45, 7) is 1.44. The molecule has 0 aromatic rings. The lowest BCUT2D eigenvalue weighted by molar-refractivity contribution is -0.183. The molecule has 0 amide bonds. The zero-order chi connectivity index (χ0) is 14.8. The molecule has 0 aromatic heterocycles. The van der Waals surface area contributed by atoms with Crippen LogP contribution in [-0.4, -0.2) is 38.3 Å². The van der Waals surface area contributed by atoms with Crippen LogP contribution in [-0.2, 0) is 9.47 Å². The van der Waals surface area contributed by atoms with Gasteiger partial charge in [0.05, 0.1) is 22.9 Å². The Morgan fingerprint density at radius 1 is 0.619 bits per heavy atom. The molecule has 6 fully saturated rings. The molecule has 1 saturated heterocycles. The minimum absolute atomic E-state index is 0.286. The Bertz CT molecular complexity index is 374. The van der Waals surface area contributed by atoms with E-state index in [-0.39, 0.29) is 9.65 Å². The third-order valence-corrected chi connectivity index (χ3v) is 10.9. The van der Waals surface area contributed by atoms with Crippen LogP contribution in [0.25, 0.3) is 0 Å².